The van der Waals surface area contributed by atoms with Crippen LogP contribution in [0.2, 0.25) is 0 Å². The summed E-state index contributed by atoms with van der Waals surface area (Å²) in [6.45, 7) is 0.467. The quantitative estimate of drug-likeness (QED) is 0.866. The van der Waals surface area contributed by atoms with Crippen molar-refractivity contribution in [3.05, 3.63) is 35.9 Å². The minimum atomic E-state index is -0.291. The smallest absolute Gasteiger partial charge is 0.105 e. The van der Waals surface area contributed by atoms with Gasteiger partial charge < -0.3 is 5.11 Å². The first-order valence-electron chi connectivity index (χ1n) is 6.33. The summed E-state index contributed by atoms with van der Waals surface area (Å²) in [5, 5.41) is 9.92. The second kappa shape index (κ2) is 4.39. The SMILES string of the molecule is OC1CC2CC1N(Cc1ccccc1)C2CF. The van der Waals surface area contributed by atoms with Crippen LogP contribution in [0, 0.1) is 5.92 Å². The molecule has 0 amide bonds. The van der Waals surface area contributed by atoms with Crippen LogP contribution in [0.1, 0.15) is 18.4 Å². The summed E-state index contributed by atoms with van der Waals surface area (Å²) < 4.78 is 13.1. The third-order valence-electron chi connectivity index (χ3n) is 4.29. The van der Waals surface area contributed by atoms with Crippen LogP contribution in [0.25, 0.3) is 0 Å². The van der Waals surface area contributed by atoms with E-state index in [2.05, 4.69) is 17.0 Å². The zero-order chi connectivity index (χ0) is 11.8. The van der Waals surface area contributed by atoms with Gasteiger partial charge in [0.15, 0.2) is 0 Å². The normalized spacial score (nSPS) is 36.6. The Bertz CT molecular complexity index is 381. The summed E-state index contributed by atoms with van der Waals surface area (Å²) in [5.41, 5.74) is 1.20. The molecular weight excluding hydrogens is 217 g/mol. The predicted octanol–water partition coefficient (Wildman–Crippen LogP) is 1.98. The maximum absolute atomic E-state index is 13.1. The van der Waals surface area contributed by atoms with Crippen molar-refractivity contribution >= 4 is 0 Å². The molecule has 17 heavy (non-hydrogen) atoms. The maximum Gasteiger partial charge on any atom is 0.105 e. The van der Waals surface area contributed by atoms with E-state index in [1.165, 1.54) is 5.56 Å². The fourth-order valence-corrected chi connectivity index (χ4v) is 3.46. The number of halogens is 1. The van der Waals surface area contributed by atoms with Crippen LogP contribution >= 0.6 is 0 Å². The highest BCUT2D eigenvalue weighted by molar-refractivity contribution is 5.16. The zero-order valence-electron chi connectivity index (χ0n) is 9.80. The molecular formula is C14H18FNO. The first-order chi connectivity index (χ1) is 8.29. The lowest BCUT2D eigenvalue weighted by molar-refractivity contribution is 0.0122. The van der Waals surface area contributed by atoms with Gasteiger partial charge in [-0.2, -0.15) is 0 Å². The van der Waals surface area contributed by atoms with Crippen molar-refractivity contribution < 1.29 is 9.50 Å². The van der Waals surface area contributed by atoms with Crippen LogP contribution < -0.4 is 0 Å². The molecule has 2 nitrogen and oxygen atoms in total. The van der Waals surface area contributed by atoms with Crippen LogP contribution in [0.4, 0.5) is 4.39 Å². The molecule has 3 rings (SSSR count). The summed E-state index contributed by atoms with van der Waals surface area (Å²) in [4.78, 5) is 2.16. The summed E-state index contributed by atoms with van der Waals surface area (Å²) in [6.07, 6.45) is 1.49. The first kappa shape index (κ1) is 11.2. The Morgan fingerprint density at radius 1 is 1.24 bits per heavy atom. The molecule has 92 valence electrons. The minimum absolute atomic E-state index is 0.0172. The second-order valence-corrected chi connectivity index (χ2v) is 5.25. The molecule has 1 heterocycles. The lowest BCUT2D eigenvalue weighted by Gasteiger charge is -2.36. The Morgan fingerprint density at radius 2 is 2.00 bits per heavy atom. The monoisotopic (exact) mass is 235 g/mol. The lowest BCUT2D eigenvalue weighted by Crippen LogP contribution is -2.47. The molecule has 0 spiro atoms. The summed E-state index contributed by atoms with van der Waals surface area (Å²) >= 11 is 0. The number of hydrogen-bond acceptors (Lipinski definition) is 2. The van der Waals surface area contributed by atoms with Crippen molar-refractivity contribution in [2.75, 3.05) is 6.67 Å². The Morgan fingerprint density at radius 3 is 2.71 bits per heavy atom. The number of aliphatic hydroxyl groups is 1. The number of aliphatic hydroxyl groups excluding tert-OH is 1. The molecule has 0 radical (unpaired) electrons. The highest BCUT2D eigenvalue weighted by atomic mass is 19.1. The summed E-state index contributed by atoms with van der Waals surface area (Å²) in [5.74, 6) is 0.351. The van der Waals surface area contributed by atoms with Gasteiger partial charge in [-0.3, -0.25) is 4.90 Å². The van der Waals surface area contributed by atoms with Crippen molar-refractivity contribution in [1.82, 2.24) is 4.90 Å². The number of piperidine rings is 1. The van der Waals surface area contributed by atoms with E-state index in [1.54, 1.807) is 0 Å². The number of hydrogen-bond donors (Lipinski definition) is 1. The standard InChI is InChI=1S/C14H18FNO/c15-8-13-11-6-12(14(17)7-11)16(13)9-10-4-2-1-3-5-10/h1-5,11-14,17H,6-9H2. The van der Waals surface area contributed by atoms with Gasteiger partial charge in [0, 0.05) is 18.6 Å². The van der Waals surface area contributed by atoms with E-state index in [-0.39, 0.29) is 24.9 Å². The number of alkyl halides is 1. The Hall–Kier alpha value is -0.930. The molecule has 1 N–H and O–H groups in total. The van der Waals surface area contributed by atoms with E-state index < -0.39 is 0 Å². The third kappa shape index (κ3) is 1.87. The largest absolute Gasteiger partial charge is 0.391 e. The third-order valence-corrected chi connectivity index (χ3v) is 4.29. The van der Waals surface area contributed by atoms with Gasteiger partial charge in [-0.05, 0) is 24.3 Å². The van der Waals surface area contributed by atoms with Crippen LogP contribution in [0.15, 0.2) is 30.3 Å². The molecule has 1 aliphatic carbocycles. The van der Waals surface area contributed by atoms with Gasteiger partial charge in [-0.15, -0.1) is 0 Å². The average molecular weight is 235 g/mol. The fraction of sp³-hybridized carbons (Fsp3) is 0.571. The Kier molecular flexibility index (Phi) is 2.89. The highest BCUT2D eigenvalue weighted by Gasteiger charge is 2.50. The topological polar surface area (TPSA) is 23.5 Å². The predicted molar refractivity (Wildman–Crippen MR) is 64.3 cm³/mol. The number of rotatable bonds is 3. The molecule has 0 aromatic heterocycles. The van der Waals surface area contributed by atoms with E-state index in [4.69, 9.17) is 0 Å². The van der Waals surface area contributed by atoms with Crippen molar-refractivity contribution in [2.45, 2.75) is 37.6 Å². The van der Waals surface area contributed by atoms with Crippen molar-refractivity contribution in [1.29, 1.82) is 0 Å². The van der Waals surface area contributed by atoms with Crippen molar-refractivity contribution in [3.8, 4) is 0 Å². The molecule has 2 fully saturated rings. The van der Waals surface area contributed by atoms with Crippen LogP contribution in [0.5, 0.6) is 0 Å². The van der Waals surface area contributed by atoms with Gasteiger partial charge in [-0.1, -0.05) is 30.3 Å². The lowest BCUT2D eigenvalue weighted by atomic mass is 9.98. The maximum atomic E-state index is 13.1. The zero-order valence-corrected chi connectivity index (χ0v) is 9.80. The van der Waals surface area contributed by atoms with Gasteiger partial charge in [0.1, 0.15) is 6.67 Å². The molecule has 1 aromatic rings. The summed E-state index contributed by atoms with van der Waals surface area (Å²) in [7, 11) is 0. The molecule has 3 heteroatoms. The molecule has 4 atom stereocenters. The van der Waals surface area contributed by atoms with Crippen LogP contribution in [-0.4, -0.2) is 34.9 Å². The fourth-order valence-electron chi connectivity index (χ4n) is 3.46. The van der Waals surface area contributed by atoms with E-state index in [0.29, 0.717) is 5.92 Å². The van der Waals surface area contributed by atoms with Gasteiger partial charge in [0.05, 0.1) is 6.10 Å². The molecule has 1 saturated heterocycles. The van der Waals surface area contributed by atoms with Crippen LogP contribution in [-0.2, 0) is 6.54 Å². The molecule has 1 saturated carbocycles. The van der Waals surface area contributed by atoms with E-state index in [0.717, 1.165) is 19.4 Å². The molecule has 4 unspecified atom stereocenters. The number of fused-ring (bicyclic) bond motifs is 2. The van der Waals surface area contributed by atoms with Crippen molar-refractivity contribution in [3.63, 3.8) is 0 Å². The van der Waals surface area contributed by atoms with Gasteiger partial charge in [-0.25, -0.2) is 4.39 Å². The van der Waals surface area contributed by atoms with E-state index in [1.807, 2.05) is 18.2 Å². The highest BCUT2D eigenvalue weighted by Crippen LogP contribution is 2.43. The van der Waals surface area contributed by atoms with Gasteiger partial charge in [0.2, 0.25) is 0 Å². The second-order valence-electron chi connectivity index (χ2n) is 5.25. The molecule has 1 aromatic carbocycles. The van der Waals surface area contributed by atoms with Gasteiger partial charge >= 0.3 is 0 Å². The number of likely N-dealkylation sites (tertiary alicyclic amines) is 1. The van der Waals surface area contributed by atoms with Gasteiger partial charge in [0.25, 0.3) is 0 Å². The van der Waals surface area contributed by atoms with E-state index >= 15 is 0 Å². The molecule has 2 aliphatic rings. The first-order valence-corrected chi connectivity index (χ1v) is 6.33. The molecule has 1 aliphatic heterocycles. The Balaban J connectivity index is 1.78. The number of nitrogens with zero attached hydrogens (tertiary/aromatic N) is 1. The number of benzene rings is 1. The summed E-state index contributed by atoms with van der Waals surface area (Å²) in [6, 6.07) is 10.3. The molecule has 2 bridgehead atoms. The Labute approximate surface area is 101 Å². The average Bonchev–Trinajstić information content (AvgIpc) is 2.87. The minimum Gasteiger partial charge on any atom is -0.391 e. The van der Waals surface area contributed by atoms with Crippen molar-refractivity contribution in [2.24, 2.45) is 5.92 Å². The van der Waals surface area contributed by atoms with E-state index in [9.17, 15) is 9.50 Å². The van der Waals surface area contributed by atoms with Crippen LogP contribution in [0.3, 0.4) is 0 Å².